The van der Waals surface area contributed by atoms with Crippen LogP contribution >= 0.6 is 15.9 Å². The second kappa shape index (κ2) is 7.62. The Labute approximate surface area is 136 Å². The van der Waals surface area contributed by atoms with Crippen molar-refractivity contribution in [2.75, 3.05) is 11.4 Å². The maximum absolute atomic E-state index is 6.00. The highest BCUT2D eigenvalue weighted by Gasteiger charge is 2.12. The van der Waals surface area contributed by atoms with Crippen LogP contribution in [0.25, 0.3) is 0 Å². The van der Waals surface area contributed by atoms with Gasteiger partial charge in [0.15, 0.2) is 0 Å². The summed E-state index contributed by atoms with van der Waals surface area (Å²) in [6.45, 7) is 6.15. The summed E-state index contributed by atoms with van der Waals surface area (Å²) in [4.78, 5) is 2.40. The molecule has 0 radical (unpaired) electrons. The molecule has 2 aromatic rings. The summed E-state index contributed by atoms with van der Waals surface area (Å²) < 4.78 is 1.11. The van der Waals surface area contributed by atoms with E-state index in [-0.39, 0.29) is 6.04 Å². The fraction of sp³-hybridized carbons (Fsp3) is 0.333. The summed E-state index contributed by atoms with van der Waals surface area (Å²) in [5, 5.41) is 0. The molecular formula is C18H23BrN2. The third-order valence-corrected chi connectivity index (χ3v) is 4.02. The minimum Gasteiger partial charge on any atom is -0.367 e. The van der Waals surface area contributed by atoms with Crippen molar-refractivity contribution in [1.29, 1.82) is 0 Å². The van der Waals surface area contributed by atoms with Crippen molar-refractivity contribution in [3.63, 3.8) is 0 Å². The van der Waals surface area contributed by atoms with Gasteiger partial charge in [-0.2, -0.15) is 0 Å². The third-order valence-electron chi connectivity index (χ3n) is 3.52. The van der Waals surface area contributed by atoms with E-state index < -0.39 is 0 Å². The number of nitrogens with two attached hydrogens (primary N) is 1. The minimum atomic E-state index is 0.161. The summed E-state index contributed by atoms with van der Waals surface area (Å²) in [5.41, 5.74) is 9.91. The molecule has 2 aromatic carbocycles. The van der Waals surface area contributed by atoms with Gasteiger partial charge in [0.05, 0.1) is 0 Å². The first-order valence-electron chi connectivity index (χ1n) is 7.43. The predicted octanol–water partition coefficient (Wildman–Crippen LogP) is 4.37. The van der Waals surface area contributed by atoms with E-state index in [0.29, 0.717) is 0 Å². The Morgan fingerprint density at radius 3 is 2.48 bits per heavy atom. The van der Waals surface area contributed by atoms with Crippen molar-refractivity contribution in [3.05, 3.63) is 64.1 Å². The number of nitrogens with zero attached hydrogens (tertiary/aromatic N) is 1. The maximum atomic E-state index is 6.00. The van der Waals surface area contributed by atoms with E-state index in [1.165, 1.54) is 16.8 Å². The van der Waals surface area contributed by atoms with Gasteiger partial charge in [-0.25, -0.2) is 0 Å². The molecule has 1 atom stereocenters. The zero-order chi connectivity index (χ0) is 15.2. The Balaban J connectivity index is 2.28. The molecule has 1 unspecified atom stereocenters. The average Bonchev–Trinajstić information content (AvgIpc) is 2.46. The fourth-order valence-electron chi connectivity index (χ4n) is 2.54. The lowest BCUT2D eigenvalue weighted by Gasteiger charge is -2.27. The SMILES string of the molecule is CCN(Cc1ccccc1)c1ccc(Br)cc1CC(C)N. The average molecular weight is 347 g/mol. The topological polar surface area (TPSA) is 29.3 Å². The molecule has 0 saturated heterocycles. The smallest absolute Gasteiger partial charge is 0.0429 e. The van der Waals surface area contributed by atoms with Gasteiger partial charge in [0.25, 0.3) is 0 Å². The Morgan fingerprint density at radius 2 is 1.86 bits per heavy atom. The molecule has 0 aromatic heterocycles. The number of anilines is 1. The molecule has 112 valence electrons. The lowest BCUT2D eigenvalue weighted by molar-refractivity contribution is 0.729. The van der Waals surface area contributed by atoms with E-state index in [4.69, 9.17) is 5.73 Å². The molecule has 0 aliphatic rings. The van der Waals surface area contributed by atoms with Gasteiger partial charge in [0.1, 0.15) is 0 Å². The molecule has 0 heterocycles. The highest BCUT2D eigenvalue weighted by Crippen LogP contribution is 2.27. The van der Waals surface area contributed by atoms with Crippen LogP contribution < -0.4 is 10.6 Å². The van der Waals surface area contributed by atoms with Crippen molar-refractivity contribution in [2.24, 2.45) is 5.73 Å². The van der Waals surface area contributed by atoms with Crippen LogP contribution in [-0.2, 0) is 13.0 Å². The maximum Gasteiger partial charge on any atom is 0.0429 e. The molecule has 0 aliphatic heterocycles. The van der Waals surface area contributed by atoms with Crippen molar-refractivity contribution in [1.82, 2.24) is 0 Å². The van der Waals surface area contributed by atoms with Gasteiger partial charge in [-0.15, -0.1) is 0 Å². The van der Waals surface area contributed by atoms with Gasteiger partial charge in [0, 0.05) is 29.3 Å². The largest absolute Gasteiger partial charge is 0.367 e. The van der Waals surface area contributed by atoms with Gasteiger partial charge < -0.3 is 10.6 Å². The van der Waals surface area contributed by atoms with Crippen LogP contribution in [0.5, 0.6) is 0 Å². The summed E-state index contributed by atoms with van der Waals surface area (Å²) in [7, 11) is 0. The lowest BCUT2D eigenvalue weighted by Crippen LogP contribution is -2.25. The summed E-state index contributed by atoms with van der Waals surface area (Å²) in [6.07, 6.45) is 0.889. The first kappa shape index (κ1) is 16.1. The lowest BCUT2D eigenvalue weighted by atomic mass is 10.0. The molecule has 0 saturated carbocycles. The number of halogens is 1. The quantitative estimate of drug-likeness (QED) is 0.841. The molecule has 0 amide bonds. The predicted molar refractivity (Wildman–Crippen MR) is 94.7 cm³/mol. The number of benzene rings is 2. The number of hydrogen-bond acceptors (Lipinski definition) is 2. The van der Waals surface area contributed by atoms with Crippen molar-refractivity contribution in [2.45, 2.75) is 32.9 Å². The van der Waals surface area contributed by atoms with Crippen LogP contribution in [0.3, 0.4) is 0 Å². The third kappa shape index (κ3) is 4.58. The molecule has 2 nitrogen and oxygen atoms in total. The number of hydrogen-bond donors (Lipinski definition) is 1. The monoisotopic (exact) mass is 346 g/mol. The van der Waals surface area contributed by atoms with E-state index in [1.54, 1.807) is 0 Å². The van der Waals surface area contributed by atoms with Crippen LogP contribution in [0.4, 0.5) is 5.69 Å². The van der Waals surface area contributed by atoms with Crippen LogP contribution in [0.15, 0.2) is 53.0 Å². The second-order valence-corrected chi connectivity index (χ2v) is 6.37. The molecule has 0 spiro atoms. The summed E-state index contributed by atoms with van der Waals surface area (Å²) >= 11 is 3.56. The Hall–Kier alpha value is -1.32. The van der Waals surface area contributed by atoms with Crippen LogP contribution in [0.1, 0.15) is 25.0 Å². The standard InChI is InChI=1S/C18H23BrN2/c1-3-21(13-15-7-5-4-6-8-15)18-10-9-17(19)12-16(18)11-14(2)20/h4-10,12,14H,3,11,13,20H2,1-2H3. The van der Waals surface area contributed by atoms with E-state index in [9.17, 15) is 0 Å². The molecular weight excluding hydrogens is 324 g/mol. The van der Waals surface area contributed by atoms with Gasteiger partial charge in [0.2, 0.25) is 0 Å². The Bertz CT molecular complexity index is 567. The van der Waals surface area contributed by atoms with Crippen LogP contribution in [0.2, 0.25) is 0 Å². The van der Waals surface area contributed by atoms with Crippen LogP contribution in [-0.4, -0.2) is 12.6 Å². The first-order chi connectivity index (χ1) is 10.1. The Morgan fingerprint density at radius 1 is 1.14 bits per heavy atom. The van der Waals surface area contributed by atoms with Crippen molar-refractivity contribution >= 4 is 21.6 Å². The minimum absolute atomic E-state index is 0.161. The highest BCUT2D eigenvalue weighted by atomic mass is 79.9. The normalized spacial score (nSPS) is 12.2. The molecule has 2 N–H and O–H groups in total. The number of rotatable bonds is 6. The highest BCUT2D eigenvalue weighted by molar-refractivity contribution is 9.10. The van der Waals surface area contributed by atoms with E-state index in [1.807, 2.05) is 0 Å². The molecule has 0 aliphatic carbocycles. The molecule has 0 bridgehead atoms. The molecule has 2 rings (SSSR count). The summed E-state index contributed by atoms with van der Waals surface area (Å²) in [5.74, 6) is 0. The van der Waals surface area contributed by atoms with E-state index in [2.05, 4.69) is 83.2 Å². The summed E-state index contributed by atoms with van der Waals surface area (Å²) in [6, 6.07) is 17.2. The molecule has 0 fully saturated rings. The van der Waals surface area contributed by atoms with E-state index >= 15 is 0 Å². The Kier molecular flexibility index (Phi) is 5.83. The molecule has 3 heteroatoms. The zero-order valence-electron chi connectivity index (χ0n) is 12.7. The van der Waals surface area contributed by atoms with Gasteiger partial charge in [-0.05, 0) is 49.6 Å². The van der Waals surface area contributed by atoms with Crippen molar-refractivity contribution < 1.29 is 0 Å². The zero-order valence-corrected chi connectivity index (χ0v) is 14.3. The van der Waals surface area contributed by atoms with Gasteiger partial charge in [-0.3, -0.25) is 0 Å². The van der Waals surface area contributed by atoms with Crippen molar-refractivity contribution in [3.8, 4) is 0 Å². The van der Waals surface area contributed by atoms with Crippen LogP contribution in [0, 0.1) is 0 Å². The van der Waals surface area contributed by atoms with Gasteiger partial charge >= 0.3 is 0 Å². The van der Waals surface area contributed by atoms with Gasteiger partial charge in [-0.1, -0.05) is 46.3 Å². The fourth-order valence-corrected chi connectivity index (χ4v) is 2.95. The van der Waals surface area contributed by atoms with E-state index in [0.717, 1.165) is 24.0 Å². The first-order valence-corrected chi connectivity index (χ1v) is 8.22. The second-order valence-electron chi connectivity index (χ2n) is 5.45. The molecule has 21 heavy (non-hydrogen) atoms.